The summed E-state index contributed by atoms with van der Waals surface area (Å²) in [6.07, 6.45) is 4.68. The quantitative estimate of drug-likeness (QED) is 0.370. The van der Waals surface area contributed by atoms with Gasteiger partial charge in [-0.1, -0.05) is 6.08 Å². The van der Waals surface area contributed by atoms with Crippen LogP contribution in [0.1, 0.15) is 20.8 Å². The minimum atomic E-state index is 0.116. The molecule has 80 valence electrons. The lowest BCUT2D eigenvalue weighted by Gasteiger charge is -2.20. The molecule has 3 nitrogen and oxygen atoms in total. The molecule has 0 heterocycles. The topological polar surface area (TPSA) is 29.5 Å². The van der Waals surface area contributed by atoms with Crippen molar-refractivity contribution < 1.29 is 9.53 Å². The van der Waals surface area contributed by atoms with E-state index >= 15 is 0 Å². The lowest BCUT2D eigenvalue weighted by atomic mass is 10.3. The van der Waals surface area contributed by atoms with Gasteiger partial charge in [-0.3, -0.25) is 4.79 Å². The highest BCUT2D eigenvalue weighted by Crippen LogP contribution is 2.10. The zero-order valence-electron chi connectivity index (χ0n) is 9.41. The number of aldehydes is 1. The molecule has 3 heteroatoms. The molecule has 0 aromatic heterocycles. The molecule has 0 aliphatic heterocycles. The van der Waals surface area contributed by atoms with Gasteiger partial charge in [-0.05, 0) is 26.8 Å². The summed E-state index contributed by atoms with van der Waals surface area (Å²) in [5, 5.41) is 0. The summed E-state index contributed by atoms with van der Waals surface area (Å²) in [5.41, 5.74) is 1.01. The number of rotatable bonds is 6. The van der Waals surface area contributed by atoms with E-state index in [0.717, 1.165) is 24.3 Å². The molecule has 0 aliphatic rings. The number of ether oxygens (including phenoxy) is 1. The molecule has 0 N–H and O–H groups in total. The highest BCUT2D eigenvalue weighted by molar-refractivity contribution is 5.50. The van der Waals surface area contributed by atoms with Crippen molar-refractivity contribution in [3.05, 3.63) is 23.6 Å². The van der Waals surface area contributed by atoms with Crippen LogP contribution in [0.3, 0.4) is 0 Å². The van der Waals surface area contributed by atoms with Crippen LogP contribution in [0.4, 0.5) is 0 Å². The average molecular weight is 197 g/mol. The van der Waals surface area contributed by atoms with Gasteiger partial charge in [0.25, 0.3) is 0 Å². The molecule has 0 radical (unpaired) electrons. The zero-order chi connectivity index (χ0) is 11.0. The lowest BCUT2D eigenvalue weighted by Crippen LogP contribution is -2.18. The first-order valence-corrected chi connectivity index (χ1v) is 4.78. The zero-order valence-corrected chi connectivity index (χ0v) is 9.41. The van der Waals surface area contributed by atoms with Crippen molar-refractivity contribution in [1.82, 2.24) is 4.90 Å². The molecule has 0 atom stereocenters. The maximum Gasteiger partial charge on any atom is 0.157 e. The van der Waals surface area contributed by atoms with Gasteiger partial charge < -0.3 is 9.64 Å². The van der Waals surface area contributed by atoms with E-state index in [1.807, 2.05) is 33.0 Å². The number of carbonyl (C=O) groups excluding carboxylic acids is 1. The highest BCUT2D eigenvalue weighted by atomic mass is 16.5. The van der Waals surface area contributed by atoms with Gasteiger partial charge in [0.15, 0.2) is 6.29 Å². The average Bonchev–Trinajstić information content (AvgIpc) is 2.21. The fourth-order valence-electron chi connectivity index (χ4n) is 1.07. The summed E-state index contributed by atoms with van der Waals surface area (Å²) in [4.78, 5) is 12.2. The third-order valence-corrected chi connectivity index (χ3v) is 1.94. The van der Waals surface area contributed by atoms with Gasteiger partial charge in [-0.15, -0.1) is 0 Å². The Balaban J connectivity index is 4.65. The van der Waals surface area contributed by atoms with E-state index < -0.39 is 0 Å². The SMILES string of the molecule is C/C=C\C(=C(/C)OCC=O)N(C)CC. The Kier molecular flexibility index (Phi) is 6.54. The highest BCUT2D eigenvalue weighted by Gasteiger charge is 2.04. The van der Waals surface area contributed by atoms with Gasteiger partial charge in [0.05, 0.1) is 5.70 Å². The Morgan fingerprint density at radius 1 is 1.50 bits per heavy atom. The van der Waals surface area contributed by atoms with Gasteiger partial charge >= 0.3 is 0 Å². The molecule has 0 saturated heterocycles. The molecule has 0 rings (SSSR count). The van der Waals surface area contributed by atoms with Crippen LogP contribution < -0.4 is 0 Å². The van der Waals surface area contributed by atoms with Gasteiger partial charge in [-0.2, -0.15) is 0 Å². The Bertz CT molecular complexity index is 231. The van der Waals surface area contributed by atoms with Gasteiger partial charge in [-0.25, -0.2) is 0 Å². The Morgan fingerprint density at radius 3 is 2.57 bits per heavy atom. The molecule has 14 heavy (non-hydrogen) atoms. The summed E-state index contributed by atoms with van der Waals surface area (Å²) in [5.74, 6) is 0.777. The van der Waals surface area contributed by atoms with Crippen LogP contribution in [0.2, 0.25) is 0 Å². The molecule has 0 aromatic rings. The van der Waals surface area contributed by atoms with Crippen molar-refractivity contribution >= 4 is 6.29 Å². The summed E-state index contributed by atoms with van der Waals surface area (Å²) >= 11 is 0. The Morgan fingerprint density at radius 2 is 2.14 bits per heavy atom. The van der Waals surface area contributed by atoms with Crippen LogP contribution in [-0.2, 0) is 9.53 Å². The molecule has 0 fully saturated rings. The number of nitrogens with zero attached hydrogens (tertiary/aromatic N) is 1. The second-order valence-corrected chi connectivity index (χ2v) is 2.93. The first kappa shape index (κ1) is 12.8. The fraction of sp³-hybridized carbons (Fsp3) is 0.545. The van der Waals surface area contributed by atoms with E-state index in [0.29, 0.717) is 0 Å². The molecule has 0 saturated carbocycles. The van der Waals surface area contributed by atoms with Crippen molar-refractivity contribution in [1.29, 1.82) is 0 Å². The second kappa shape index (κ2) is 7.18. The smallest absolute Gasteiger partial charge is 0.157 e. The minimum absolute atomic E-state index is 0.116. The van der Waals surface area contributed by atoms with Gasteiger partial charge in [0, 0.05) is 13.6 Å². The van der Waals surface area contributed by atoms with E-state index in [9.17, 15) is 4.79 Å². The van der Waals surface area contributed by atoms with Crippen molar-refractivity contribution in [2.75, 3.05) is 20.2 Å². The summed E-state index contributed by atoms with van der Waals surface area (Å²) < 4.78 is 5.25. The van der Waals surface area contributed by atoms with Gasteiger partial charge in [0.2, 0.25) is 0 Å². The number of hydrogen-bond acceptors (Lipinski definition) is 3. The van der Waals surface area contributed by atoms with Crippen molar-refractivity contribution in [2.24, 2.45) is 0 Å². The molecule has 0 aliphatic carbocycles. The predicted octanol–water partition coefficient (Wildman–Crippen LogP) is 1.96. The first-order valence-electron chi connectivity index (χ1n) is 4.78. The fourth-order valence-corrected chi connectivity index (χ4v) is 1.07. The van der Waals surface area contributed by atoms with Crippen molar-refractivity contribution in [2.45, 2.75) is 20.8 Å². The molecular formula is C11H19NO2. The Labute approximate surface area is 86.0 Å². The number of likely N-dealkylation sites (N-methyl/N-ethyl adjacent to an activating group) is 1. The van der Waals surface area contributed by atoms with E-state index in [2.05, 4.69) is 11.8 Å². The van der Waals surface area contributed by atoms with Crippen LogP contribution in [-0.4, -0.2) is 31.4 Å². The third-order valence-electron chi connectivity index (χ3n) is 1.94. The summed E-state index contributed by atoms with van der Waals surface area (Å²) in [6.45, 7) is 6.91. The lowest BCUT2D eigenvalue weighted by molar-refractivity contribution is -0.110. The van der Waals surface area contributed by atoms with E-state index in [4.69, 9.17) is 4.74 Å². The normalized spacial score (nSPS) is 12.6. The van der Waals surface area contributed by atoms with Crippen molar-refractivity contribution in [3.8, 4) is 0 Å². The number of carbonyl (C=O) groups is 1. The van der Waals surface area contributed by atoms with Crippen LogP contribution in [0, 0.1) is 0 Å². The van der Waals surface area contributed by atoms with E-state index in [1.54, 1.807) is 0 Å². The molecule has 0 spiro atoms. The first-order chi connectivity index (χ1) is 6.67. The van der Waals surface area contributed by atoms with Crippen molar-refractivity contribution in [3.63, 3.8) is 0 Å². The van der Waals surface area contributed by atoms with E-state index in [1.165, 1.54) is 0 Å². The van der Waals surface area contributed by atoms with Crippen LogP contribution in [0.5, 0.6) is 0 Å². The standard InChI is InChI=1S/C11H19NO2/c1-5-7-11(12(4)6-2)10(3)14-9-8-13/h5,7-8H,6,9H2,1-4H3/b7-5-,11-10-. The van der Waals surface area contributed by atoms with Gasteiger partial charge in [0.1, 0.15) is 12.4 Å². The third kappa shape index (κ3) is 4.12. The van der Waals surface area contributed by atoms with E-state index in [-0.39, 0.29) is 6.61 Å². The van der Waals surface area contributed by atoms with Crippen LogP contribution in [0.15, 0.2) is 23.6 Å². The number of hydrogen-bond donors (Lipinski definition) is 0. The maximum atomic E-state index is 10.1. The Hall–Kier alpha value is -1.25. The summed E-state index contributed by atoms with van der Waals surface area (Å²) in [7, 11) is 1.99. The minimum Gasteiger partial charge on any atom is -0.489 e. The molecular weight excluding hydrogens is 178 g/mol. The maximum absolute atomic E-state index is 10.1. The van der Waals surface area contributed by atoms with Crippen LogP contribution >= 0.6 is 0 Å². The largest absolute Gasteiger partial charge is 0.489 e. The molecule has 0 unspecified atom stereocenters. The summed E-state index contributed by atoms with van der Waals surface area (Å²) in [6, 6.07) is 0. The molecule has 0 bridgehead atoms. The predicted molar refractivity (Wildman–Crippen MR) is 57.8 cm³/mol. The van der Waals surface area contributed by atoms with Crippen LogP contribution in [0.25, 0.3) is 0 Å². The second-order valence-electron chi connectivity index (χ2n) is 2.93. The molecule has 0 amide bonds. The monoisotopic (exact) mass is 197 g/mol. The molecule has 0 aromatic carbocycles. The number of allylic oxidation sites excluding steroid dienone is 3.